The SMILES string of the molecule is CCC(C)(C)c1cc(C(=O)OC)c(NC(N)=O)s1. The van der Waals surface area contributed by atoms with E-state index in [9.17, 15) is 9.59 Å². The first-order valence-electron chi connectivity index (χ1n) is 5.61. The number of methoxy groups -OCH3 is 1. The number of anilines is 1. The minimum Gasteiger partial charge on any atom is -0.465 e. The largest absolute Gasteiger partial charge is 0.465 e. The number of urea groups is 1. The molecule has 0 aliphatic carbocycles. The number of amides is 2. The summed E-state index contributed by atoms with van der Waals surface area (Å²) in [5.74, 6) is -0.479. The number of esters is 1. The summed E-state index contributed by atoms with van der Waals surface area (Å²) in [6.07, 6.45) is 0.921. The second-order valence-electron chi connectivity index (χ2n) is 4.57. The fraction of sp³-hybridized carbons (Fsp3) is 0.500. The van der Waals surface area contributed by atoms with Gasteiger partial charge in [-0.15, -0.1) is 11.3 Å². The third-order valence-electron chi connectivity index (χ3n) is 2.93. The third-order valence-corrected chi connectivity index (χ3v) is 4.34. The molecule has 18 heavy (non-hydrogen) atoms. The van der Waals surface area contributed by atoms with Crippen LogP contribution in [0.3, 0.4) is 0 Å². The topological polar surface area (TPSA) is 81.4 Å². The molecular formula is C12H18N2O3S. The Kier molecular flexibility index (Phi) is 4.34. The molecule has 0 saturated carbocycles. The molecule has 3 N–H and O–H groups in total. The summed E-state index contributed by atoms with van der Waals surface area (Å²) in [6.45, 7) is 6.22. The van der Waals surface area contributed by atoms with E-state index < -0.39 is 12.0 Å². The molecule has 0 aliphatic heterocycles. The molecule has 0 unspecified atom stereocenters. The first-order chi connectivity index (χ1) is 8.31. The number of nitrogens with two attached hydrogens (primary N) is 1. The molecule has 0 aliphatic rings. The Balaban J connectivity index is 3.23. The highest BCUT2D eigenvalue weighted by atomic mass is 32.1. The number of rotatable bonds is 4. The zero-order chi connectivity index (χ0) is 13.9. The summed E-state index contributed by atoms with van der Waals surface area (Å²) in [6, 6.07) is 1.06. The summed E-state index contributed by atoms with van der Waals surface area (Å²) in [4.78, 5) is 23.6. The van der Waals surface area contributed by atoms with E-state index in [1.807, 2.05) is 0 Å². The molecule has 6 heteroatoms. The van der Waals surface area contributed by atoms with Crippen LogP contribution in [0.15, 0.2) is 6.07 Å². The van der Waals surface area contributed by atoms with Gasteiger partial charge in [-0.2, -0.15) is 0 Å². The Labute approximate surface area is 110 Å². The van der Waals surface area contributed by atoms with Crippen LogP contribution in [0, 0.1) is 0 Å². The Hall–Kier alpha value is -1.56. The first kappa shape index (κ1) is 14.5. The summed E-state index contributed by atoms with van der Waals surface area (Å²) < 4.78 is 4.69. The van der Waals surface area contributed by atoms with E-state index in [0.717, 1.165) is 11.3 Å². The van der Waals surface area contributed by atoms with Crippen LogP contribution in [0.5, 0.6) is 0 Å². The van der Waals surface area contributed by atoms with Gasteiger partial charge in [0.2, 0.25) is 0 Å². The van der Waals surface area contributed by atoms with Gasteiger partial charge in [0.1, 0.15) is 5.00 Å². The standard InChI is InChI=1S/C12H18N2O3S/c1-5-12(2,3)8-6-7(10(15)17-4)9(18-8)14-11(13)16/h6H,5H2,1-4H3,(H3,13,14,16). The van der Waals surface area contributed by atoms with Gasteiger partial charge in [0.05, 0.1) is 12.7 Å². The zero-order valence-electron chi connectivity index (χ0n) is 11.0. The van der Waals surface area contributed by atoms with Gasteiger partial charge in [-0.3, -0.25) is 5.32 Å². The zero-order valence-corrected chi connectivity index (χ0v) is 11.8. The van der Waals surface area contributed by atoms with Gasteiger partial charge < -0.3 is 10.5 Å². The van der Waals surface area contributed by atoms with Crippen LogP contribution in [0.4, 0.5) is 9.80 Å². The van der Waals surface area contributed by atoms with Crippen molar-refractivity contribution in [2.75, 3.05) is 12.4 Å². The van der Waals surface area contributed by atoms with Gasteiger partial charge in [-0.1, -0.05) is 20.8 Å². The Bertz CT molecular complexity index is 466. The minimum absolute atomic E-state index is 0.0645. The highest BCUT2D eigenvalue weighted by Gasteiger charge is 2.26. The summed E-state index contributed by atoms with van der Waals surface area (Å²) in [5, 5.41) is 2.90. The van der Waals surface area contributed by atoms with Gasteiger partial charge in [-0.25, -0.2) is 9.59 Å². The summed E-state index contributed by atoms with van der Waals surface area (Å²) in [5.41, 5.74) is 5.37. The van der Waals surface area contributed by atoms with Crippen molar-refractivity contribution < 1.29 is 14.3 Å². The van der Waals surface area contributed by atoms with E-state index in [1.54, 1.807) is 6.07 Å². The van der Waals surface area contributed by atoms with Crippen LogP contribution in [0.1, 0.15) is 42.4 Å². The molecule has 100 valence electrons. The molecule has 0 spiro atoms. The lowest BCUT2D eigenvalue weighted by molar-refractivity contribution is 0.0602. The van der Waals surface area contributed by atoms with Crippen LogP contribution < -0.4 is 11.1 Å². The van der Waals surface area contributed by atoms with E-state index in [2.05, 4.69) is 26.1 Å². The van der Waals surface area contributed by atoms with Crippen molar-refractivity contribution in [3.8, 4) is 0 Å². The molecule has 0 atom stereocenters. The number of ether oxygens (including phenoxy) is 1. The molecular weight excluding hydrogens is 252 g/mol. The number of thiophene rings is 1. The number of carbonyl (C=O) groups is 2. The van der Waals surface area contributed by atoms with E-state index in [4.69, 9.17) is 10.5 Å². The van der Waals surface area contributed by atoms with Crippen LogP contribution in [-0.4, -0.2) is 19.1 Å². The van der Waals surface area contributed by atoms with Crippen molar-refractivity contribution in [2.24, 2.45) is 5.73 Å². The fourth-order valence-electron chi connectivity index (χ4n) is 1.37. The number of carbonyl (C=O) groups excluding carboxylic acids is 2. The second kappa shape index (κ2) is 5.39. The van der Waals surface area contributed by atoms with Crippen molar-refractivity contribution in [1.29, 1.82) is 0 Å². The van der Waals surface area contributed by atoms with E-state index in [0.29, 0.717) is 10.6 Å². The molecule has 1 aromatic heterocycles. The van der Waals surface area contributed by atoms with E-state index >= 15 is 0 Å². The molecule has 0 aromatic carbocycles. The smallest absolute Gasteiger partial charge is 0.340 e. The summed E-state index contributed by atoms with van der Waals surface area (Å²) >= 11 is 1.35. The number of hydrogen-bond donors (Lipinski definition) is 2. The van der Waals surface area contributed by atoms with Crippen molar-refractivity contribution >= 4 is 28.3 Å². The maximum absolute atomic E-state index is 11.6. The Morgan fingerprint density at radius 2 is 2.11 bits per heavy atom. The van der Waals surface area contributed by atoms with Crippen molar-refractivity contribution in [1.82, 2.24) is 0 Å². The van der Waals surface area contributed by atoms with Crippen LogP contribution in [-0.2, 0) is 10.2 Å². The lowest BCUT2D eigenvalue weighted by atomic mass is 9.88. The molecule has 0 fully saturated rings. The fourth-order valence-corrected chi connectivity index (χ4v) is 2.59. The molecule has 0 radical (unpaired) electrons. The number of nitrogens with one attached hydrogen (secondary N) is 1. The van der Waals surface area contributed by atoms with Gasteiger partial charge >= 0.3 is 12.0 Å². The monoisotopic (exact) mass is 270 g/mol. The van der Waals surface area contributed by atoms with E-state index in [-0.39, 0.29) is 5.41 Å². The van der Waals surface area contributed by atoms with Gasteiger partial charge in [0.25, 0.3) is 0 Å². The molecule has 1 aromatic rings. The van der Waals surface area contributed by atoms with Crippen LogP contribution >= 0.6 is 11.3 Å². The van der Waals surface area contributed by atoms with Gasteiger partial charge in [-0.05, 0) is 17.9 Å². The van der Waals surface area contributed by atoms with E-state index in [1.165, 1.54) is 18.4 Å². The quantitative estimate of drug-likeness (QED) is 0.825. The minimum atomic E-state index is -0.692. The second-order valence-corrected chi connectivity index (χ2v) is 5.62. The number of hydrogen-bond acceptors (Lipinski definition) is 4. The Morgan fingerprint density at radius 3 is 2.56 bits per heavy atom. The van der Waals surface area contributed by atoms with Gasteiger partial charge in [0.15, 0.2) is 0 Å². The predicted molar refractivity (Wildman–Crippen MR) is 72.2 cm³/mol. The van der Waals surface area contributed by atoms with Gasteiger partial charge in [0, 0.05) is 4.88 Å². The predicted octanol–water partition coefficient (Wildman–Crippen LogP) is 2.71. The molecule has 1 rings (SSSR count). The molecule has 0 saturated heterocycles. The third kappa shape index (κ3) is 3.01. The van der Waals surface area contributed by atoms with Crippen molar-refractivity contribution in [3.63, 3.8) is 0 Å². The average molecular weight is 270 g/mol. The molecule has 0 bridgehead atoms. The maximum atomic E-state index is 11.6. The van der Waals surface area contributed by atoms with Crippen molar-refractivity contribution in [2.45, 2.75) is 32.6 Å². The lowest BCUT2D eigenvalue weighted by Crippen LogP contribution is -2.20. The lowest BCUT2D eigenvalue weighted by Gasteiger charge is -2.20. The Morgan fingerprint density at radius 1 is 1.50 bits per heavy atom. The van der Waals surface area contributed by atoms with Crippen LogP contribution in [0.2, 0.25) is 0 Å². The molecule has 5 nitrogen and oxygen atoms in total. The number of primary amides is 1. The normalized spacial score (nSPS) is 11.1. The molecule has 2 amide bonds. The average Bonchev–Trinajstić information content (AvgIpc) is 2.71. The molecule has 1 heterocycles. The van der Waals surface area contributed by atoms with Crippen LogP contribution in [0.25, 0.3) is 0 Å². The highest BCUT2D eigenvalue weighted by Crippen LogP contribution is 2.38. The summed E-state index contributed by atoms with van der Waals surface area (Å²) in [7, 11) is 1.30. The highest BCUT2D eigenvalue weighted by molar-refractivity contribution is 7.16. The maximum Gasteiger partial charge on any atom is 0.340 e. The first-order valence-corrected chi connectivity index (χ1v) is 6.42. The van der Waals surface area contributed by atoms with Crippen molar-refractivity contribution in [3.05, 3.63) is 16.5 Å².